The fourth-order valence-electron chi connectivity index (χ4n) is 1.67. The zero-order valence-electron chi connectivity index (χ0n) is 10.9. The van der Waals surface area contributed by atoms with Gasteiger partial charge in [-0.2, -0.15) is 24.9 Å². The minimum Gasteiger partial charge on any atom is -0.312 e. The summed E-state index contributed by atoms with van der Waals surface area (Å²) in [5.41, 5.74) is 0. The Bertz CT molecular complexity index is 185. The summed E-state index contributed by atoms with van der Waals surface area (Å²) in [4.78, 5) is 0. The normalized spacial score (nSPS) is 15.9. The number of hydrogen-bond donors (Lipinski definition) is 1. The first-order valence-corrected chi connectivity index (χ1v) is 7.41. The first-order valence-electron chi connectivity index (χ1n) is 6.25. The van der Waals surface area contributed by atoms with Crippen molar-refractivity contribution in [3.8, 4) is 0 Å². The van der Waals surface area contributed by atoms with Crippen LogP contribution in [0.15, 0.2) is 0 Å². The molecule has 17 heavy (non-hydrogen) atoms. The molecule has 2 unspecified atom stereocenters. The molecule has 1 N–H and O–H groups in total. The lowest BCUT2D eigenvalue weighted by Gasteiger charge is -2.20. The molecule has 0 aliphatic heterocycles. The molecule has 0 spiro atoms. The predicted octanol–water partition coefficient (Wildman–Crippen LogP) is 4.23. The summed E-state index contributed by atoms with van der Waals surface area (Å²) in [5, 5.41) is 3.34. The van der Waals surface area contributed by atoms with Crippen LogP contribution < -0.4 is 5.32 Å². The molecule has 104 valence electrons. The molecule has 0 aromatic heterocycles. The van der Waals surface area contributed by atoms with E-state index in [2.05, 4.69) is 19.2 Å². The van der Waals surface area contributed by atoms with Crippen LogP contribution in [0.2, 0.25) is 0 Å². The summed E-state index contributed by atoms with van der Waals surface area (Å²) in [7, 11) is 0. The molecule has 0 aromatic carbocycles. The molecule has 0 heterocycles. The summed E-state index contributed by atoms with van der Waals surface area (Å²) >= 11 is 1.90. The Balaban J connectivity index is 3.53. The van der Waals surface area contributed by atoms with Crippen molar-refractivity contribution in [2.24, 2.45) is 0 Å². The number of alkyl halides is 3. The first kappa shape index (κ1) is 17.1. The van der Waals surface area contributed by atoms with Crippen molar-refractivity contribution in [1.82, 2.24) is 5.32 Å². The van der Waals surface area contributed by atoms with Crippen molar-refractivity contribution < 1.29 is 13.2 Å². The smallest absolute Gasteiger partial charge is 0.312 e. The molecular formula is C12H24F3NS. The van der Waals surface area contributed by atoms with Gasteiger partial charge in [0.2, 0.25) is 0 Å². The van der Waals surface area contributed by atoms with Crippen molar-refractivity contribution in [2.45, 2.75) is 64.7 Å². The summed E-state index contributed by atoms with van der Waals surface area (Å²) in [6.45, 7) is 6.18. The lowest BCUT2D eigenvalue weighted by molar-refractivity contribution is -0.135. The second kappa shape index (κ2) is 9.09. The largest absolute Gasteiger partial charge is 0.389 e. The van der Waals surface area contributed by atoms with Gasteiger partial charge in [-0.15, -0.1) is 0 Å². The van der Waals surface area contributed by atoms with Crippen molar-refractivity contribution in [1.29, 1.82) is 0 Å². The van der Waals surface area contributed by atoms with Gasteiger partial charge in [0.1, 0.15) is 0 Å². The third kappa shape index (κ3) is 12.3. The van der Waals surface area contributed by atoms with E-state index in [1.165, 1.54) is 0 Å². The highest BCUT2D eigenvalue weighted by molar-refractivity contribution is 7.99. The Kier molecular flexibility index (Phi) is 9.14. The Labute approximate surface area is 107 Å². The van der Waals surface area contributed by atoms with Crippen LogP contribution in [0.4, 0.5) is 13.2 Å². The van der Waals surface area contributed by atoms with Crippen molar-refractivity contribution >= 4 is 11.8 Å². The summed E-state index contributed by atoms with van der Waals surface area (Å²) in [6, 6.07) is 0.550. The van der Waals surface area contributed by atoms with Crippen molar-refractivity contribution in [3.05, 3.63) is 0 Å². The molecule has 0 saturated heterocycles. The lowest BCUT2D eigenvalue weighted by Crippen LogP contribution is -2.35. The number of nitrogens with one attached hydrogen (secondary N) is 1. The van der Waals surface area contributed by atoms with Crippen LogP contribution in [0.5, 0.6) is 0 Å². The van der Waals surface area contributed by atoms with Gasteiger partial charge in [0.25, 0.3) is 0 Å². The van der Waals surface area contributed by atoms with Gasteiger partial charge in [0.05, 0.1) is 0 Å². The van der Waals surface area contributed by atoms with E-state index >= 15 is 0 Å². The van der Waals surface area contributed by atoms with Gasteiger partial charge >= 0.3 is 6.18 Å². The average molecular weight is 271 g/mol. The van der Waals surface area contributed by atoms with E-state index < -0.39 is 12.6 Å². The second-order valence-corrected chi connectivity index (χ2v) is 5.86. The molecular weight excluding hydrogens is 247 g/mol. The quantitative estimate of drug-likeness (QED) is 0.630. The van der Waals surface area contributed by atoms with Gasteiger partial charge in [0, 0.05) is 18.5 Å². The fourth-order valence-corrected chi connectivity index (χ4v) is 2.47. The molecule has 2 atom stereocenters. The molecule has 0 rings (SSSR count). The van der Waals surface area contributed by atoms with Gasteiger partial charge in [0.15, 0.2) is 0 Å². The van der Waals surface area contributed by atoms with Crippen LogP contribution in [-0.4, -0.2) is 29.8 Å². The van der Waals surface area contributed by atoms with Crippen molar-refractivity contribution in [2.75, 3.05) is 11.5 Å². The van der Waals surface area contributed by atoms with E-state index in [4.69, 9.17) is 0 Å². The Morgan fingerprint density at radius 3 is 2.24 bits per heavy atom. The molecule has 0 aliphatic carbocycles. The predicted molar refractivity (Wildman–Crippen MR) is 69.6 cm³/mol. The Hall–Kier alpha value is 0.100. The molecule has 5 heteroatoms. The van der Waals surface area contributed by atoms with Crippen LogP contribution >= 0.6 is 11.8 Å². The summed E-state index contributed by atoms with van der Waals surface area (Å²) in [6.07, 6.45) is -2.80. The first-order chi connectivity index (χ1) is 7.85. The van der Waals surface area contributed by atoms with Crippen LogP contribution in [-0.2, 0) is 0 Å². The molecule has 0 amide bonds. The van der Waals surface area contributed by atoms with E-state index in [1.807, 2.05) is 18.7 Å². The maximum Gasteiger partial charge on any atom is 0.389 e. The highest BCUT2D eigenvalue weighted by Crippen LogP contribution is 2.22. The van der Waals surface area contributed by atoms with E-state index in [0.717, 1.165) is 17.9 Å². The average Bonchev–Trinajstić information content (AvgIpc) is 2.15. The number of rotatable bonds is 9. The van der Waals surface area contributed by atoms with Gasteiger partial charge < -0.3 is 5.32 Å². The molecule has 0 aromatic rings. The molecule has 0 saturated carbocycles. The fraction of sp³-hybridized carbons (Fsp3) is 1.00. The maximum absolute atomic E-state index is 12.0. The topological polar surface area (TPSA) is 12.0 Å². The monoisotopic (exact) mass is 271 g/mol. The molecule has 1 nitrogen and oxygen atoms in total. The standard InChI is InChI=1S/C12H24F3NS/c1-4-17-9-7-11(3)16-10(2)6-5-8-12(13,14)15/h10-11,16H,4-9H2,1-3H3. The lowest BCUT2D eigenvalue weighted by atomic mass is 10.1. The zero-order chi connectivity index (χ0) is 13.3. The van der Waals surface area contributed by atoms with Gasteiger partial charge in [-0.3, -0.25) is 0 Å². The Morgan fingerprint density at radius 1 is 1.12 bits per heavy atom. The van der Waals surface area contributed by atoms with Crippen LogP contribution in [0.1, 0.15) is 46.5 Å². The van der Waals surface area contributed by atoms with Crippen LogP contribution in [0.25, 0.3) is 0 Å². The number of halogens is 3. The molecule has 0 fully saturated rings. The van der Waals surface area contributed by atoms with Crippen molar-refractivity contribution in [3.63, 3.8) is 0 Å². The third-order valence-electron chi connectivity index (χ3n) is 2.57. The Morgan fingerprint density at radius 2 is 1.71 bits per heavy atom. The molecule has 0 bridgehead atoms. The van der Waals surface area contributed by atoms with Gasteiger partial charge in [-0.05, 0) is 44.6 Å². The highest BCUT2D eigenvalue weighted by Gasteiger charge is 2.26. The van der Waals surface area contributed by atoms with E-state index in [1.54, 1.807) is 0 Å². The minimum atomic E-state index is -4.01. The van der Waals surface area contributed by atoms with E-state index in [0.29, 0.717) is 12.5 Å². The van der Waals surface area contributed by atoms with Crippen LogP contribution in [0, 0.1) is 0 Å². The van der Waals surface area contributed by atoms with E-state index in [9.17, 15) is 13.2 Å². The number of thioether (sulfide) groups is 1. The highest BCUT2D eigenvalue weighted by atomic mass is 32.2. The second-order valence-electron chi connectivity index (χ2n) is 4.46. The third-order valence-corrected chi connectivity index (χ3v) is 3.50. The minimum absolute atomic E-state index is 0.166. The van der Waals surface area contributed by atoms with E-state index in [-0.39, 0.29) is 12.5 Å². The molecule has 0 aliphatic rings. The van der Waals surface area contributed by atoms with Gasteiger partial charge in [-0.1, -0.05) is 6.92 Å². The van der Waals surface area contributed by atoms with Gasteiger partial charge in [-0.25, -0.2) is 0 Å². The zero-order valence-corrected chi connectivity index (χ0v) is 11.8. The molecule has 0 radical (unpaired) electrons. The maximum atomic E-state index is 12.0. The number of hydrogen-bond acceptors (Lipinski definition) is 2. The summed E-state index contributed by atoms with van der Waals surface area (Å²) in [5.74, 6) is 2.23. The van der Waals surface area contributed by atoms with Crippen LogP contribution in [0.3, 0.4) is 0 Å². The summed E-state index contributed by atoms with van der Waals surface area (Å²) < 4.78 is 35.9. The SMILES string of the molecule is CCSCCC(C)NC(C)CCCC(F)(F)F.